The zero-order valence-electron chi connectivity index (χ0n) is 25.7. The molecule has 0 aromatic heterocycles. The molecule has 0 aliphatic heterocycles. The molecule has 2 amide bonds. The van der Waals surface area contributed by atoms with Gasteiger partial charge in [-0.1, -0.05) is 12.5 Å². The van der Waals surface area contributed by atoms with Crippen molar-refractivity contribution < 1.29 is 33.3 Å². The molecule has 0 bridgehead atoms. The van der Waals surface area contributed by atoms with E-state index in [4.69, 9.17) is 14.2 Å². The number of carbonyl (C=O) groups excluding carboxylic acids is 3. The molecule has 0 saturated carbocycles. The van der Waals surface area contributed by atoms with Crippen molar-refractivity contribution in [2.24, 2.45) is 0 Å². The first-order valence-corrected chi connectivity index (χ1v) is 14.6. The topological polar surface area (TPSA) is 141 Å². The van der Waals surface area contributed by atoms with Crippen molar-refractivity contribution in [1.82, 2.24) is 10.6 Å². The minimum atomic E-state index is -0.374. The molecule has 1 aliphatic rings. The van der Waals surface area contributed by atoms with Gasteiger partial charge in [0.15, 0.2) is 11.5 Å². The predicted octanol–water partition coefficient (Wildman–Crippen LogP) is 3.90. The Hall–Kier alpha value is -4.28. The third-order valence-electron chi connectivity index (χ3n) is 7.42. The molecule has 3 rings (SSSR count). The van der Waals surface area contributed by atoms with Crippen molar-refractivity contribution in [1.29, 1.82) is 0 Å². The highest BCUT2D eigenvalue weighted by Crippen LogP contribution is 2.50. The van der Waals surface area contributed by atoms with Crippen LogP contribution in [0.25, 0.3) is 11.1 Å². The van der Waals surface area contributed by atoms with Crippen molar-refractivity contribution in [2.75, 3.05) is 46.8 Å². The molecule has 0 fully saturated rings. The maximum Gasteiger partial charge on any atom is 0.305 e. The van der Waals surface area contributed by atoms with Crippen LogP contribution < -0.4 is 35.6 Å². The van der Waals surface area contributed by atoms with E-state index in [2.05, 4.69) is 20.7 Å². The Morgan fingerprint density at radius 2 is 1.65 bits per heavy atom. The Morgan fingerprint density at radius 3 is 2.33 bits per heavy atom. The van der Waals surface area contributed by atoms with Gasteiger partial charge in [-0.25, -0.2) is 0 Å². The largest absolute Gasteiger partial charge is 0.493 e. The first-order valence-electron chi connectivity index (χ1n) is 14.6. The standard InChI is InChI=1S/C32H43N3O8/c1-20(36)35-24-14-12-21-18-27(40-2)31(42-4)32(43-5)30(21)22-13-15-25(26(37)19-23(22)24)33-16-8-6-7-10-28(38)34-17-9-11-29(39)41-3/h13,15,18-19,24H,6-12,14,16-17H2,1-5H3,(H,33,37)(H,34,38)(H,35,36). The van der Waals surface area contributed by atoms with Crippen LogP contribution >= 0.6 is 0 Å². The van der Waals surface area contributed by atoms with Crippen LogP contribution in [0.3, 0.4) is 0 Å². The lowest BCUT2D eigenvalue weighted by Gasteiger charge is -2.19. The number of aryl methyl sites for hydroxylation is 1. The summed E-state index contributed by atoms with van der Waals surface area (Å²) in [5.41, 5.74) is 3.49. The van der Waals surface area contributed by atoms with E-state index >= 15 is 0 Å². The van der Waals surface area contributed by atoms with Crippen molar-refractivity contribution in [3.63, 3.8) is 0 Å². The number of methoxy groups -OCH3 is 4. The Balaban J connectivity index is 1.74. The highest BCUT2D eigenvalue weighted by Gasteiger charge is 2.29. The van der Waals surface area contributed by atoms with Gasteiger partial charge in [0.1, 0.15) is 0 Å². The summed E-state index contributed by atoms with van der Waals surface area (Å²) in [5, 5.41) is 9.07. The fraction of sp³-hybridized carbons (Fsp3) is 0.500. The van der Waals surface area contributed by atoms with Gasteiger partial charge >= 0.3 is 5.97 Å². The molecule has 3 N–H and O–H groups in total. The molecule has 43 heavy (non-hydrogen) atoms. The van der Waals surface area contributed by atoms with Gasteiger partial charge in [-0.3, -0.25) is 19.2 Å². The van der Waals surface area contributed by atoms with E-state index in [9.17, 15) is 19.2 Å². The molecule has 2 aromatic rings. The summed E-state index contributed by atoms with van der Waals surface area (Å²) in [7, 11) is 6.03. The monoisotopic (exact) mass is 597 g/mol. The van der Waals surface area contributed by atoms with Crippen LogP contribution in [0.5, 0.6) is 17.2 Å². The average Bonchev–Trinajstić information content (AvgIpc) is 3.24. The van der Waals surface area contributed by atoms with E-state index in [1.54, 1.807) is 33.5 Å². The summed E-state index contributed by atoms with van der Waals surface area (Å²) in [5.74, 6) is 0.979. The molecule has 1 unspecified atom stereocenters. The van der Waals surface area contributed by atoms with Gasteiger partial charge in [0, 0.05) is 38.4 Å². The summed E-state index contributed by atoms with van der Waals surface area (Å²) in [6, 6.07) is 6.79. The third-order valence-corrected chi connectivity index (χ3v) is 7.42. The lowest BCUT2D eigenvalue weighted by Crippen LogP contribution is -2.26. The Kier molecular flexibility index (Phi) is 12.7. The summed E-state index contributed by atoms with van der Waals surface area (Å²) in [6.07, 6.45) is 4.73. The van der Waals surface area contributed by atoms with Crippen molar-refractivity contribution in [3.05, 3.63) is 45.6 Å². The first-order chi connectivity index (χ1) is 20.7. The molecule has 0 saturated heterocycles. The normalized spacial score (nSPS) is 13.5. The lowest BCUT2D eigenvalue weighted by molar-refractivity contribution is -0.140. The average molecular weight is 598 g/mol. The van der Waals surface area contributed by atoms with Gasteiger partial charge in [0.05, 0.1) is 40.2 Å². The van der Waals surface area contributed by atoms with Gasteiger partial charge in [-0.15, -0.1) is 0 Å². The van der Waals surface area contributed by atoms with Gasteiger partial charge in [0.25, 0.3) is 0 Å². The fourth-order valence-electron chi connectivity index (χ4n) is 5.32. The Bertz CT molecular complexity index is 1360. The van der Waals surface area contributed by atoms with E-state index in [0.717, 1.165) is 29.5 Å². The van der Waals surface area contributed by atoms with Gasteiger partial charge in [-0.2, -0.15) is 0 Å². The molecule has 2 aromatic carbocycles. The molecule has 1 aliphatic carbocycles. The maximum absolute atomic E-state index is 13.4. The molecule has 0 heterocycles. The first kappa shape index (κ1) is 33.2. The summed E-state index contributed by atoms with van der Waals surface area (Å²) in [4.78, 5) is 48.7. The molecular weight excluding hydrogens is 554 g/mol. The number of nitrogens with one attached hydrogen (secondary N) is 3. The molecule has 1 atom stereocenters. The maximum atomic E-state index is 13.4. The van der Waals surface area contributed by atoms with Crippen LogP contribution in [0.1, 0.15) is 69.0 Å². The van der Waals surface area contributed by atoms with E-state index in [1.165, 1.54) is 14.0 Å². The van der Waals surface area contributed by atoms with Crippen LogP contribution in [-0.2, 0) is 25.5 Å². The van der Waals surface area contributed by atoms with Crippen LogP contribution in [-0.4, -0.2) is 59.3 Å². The highest BCUT2D eigenvalue weighted by molar-refractivity contribution is 5.83. The zero-order chi connectivity index (χ0) is 31.4. The smallest absolute Gasteiger partial charge is 0.305 e. The predicted molar refractivity (Wildman–Crippen MR) is 164 cm³/mol. The number of hydrogen-bond acceptors (Lipinski definition) is 9. The van der Waals surface area contributed by atoms with Crippen LogP contribution in [0.4, 0.5) is 5.69 Å². The number of amides is 2. The van der Waals surface area contributed by atoms with Crippen molar-refractivity contribution in [3.8, 4) is 28.4 Å². The number of esters is 1. The number of benzene rings is 1. The second-order valence-electron chi connectivity index (χ2n) is 10.4. The number of unbranched alkanes of at least 4 members (excludes halogenated alkanes) is 2. The zero-order valence-corrected chi connectivity index (χ0v) is 25.7. The fourth-order valence-corrected chi connectivity index (χ4v) is 5.32. The molecule has 11 nitrogen and oxygen atoms in total. The molecule has 234 valence electrons. The number of anilines is 1. The quantitative estimate of drug-likeness (QED) is 0.206. The minimum absolute atomic E-state index is 0.0464. The third kappa shape index (κ3) is 8.86. The second-order valence-corrected chi connectivity index (χ2v) is 10.4. The van der Waals surface area contributed by atoms with Crippen LogP contribution in [0.2, 0.25) is 0 Å². The van der Waals surface area contributed by atoms with E-state index < -0.39 is 0 Å². The summed E-state index contributed by atoms with van der Waals surface area (Å²) >= 11 is 0. The van der Waals surface area contributed by atoms with Gasteiger partial charge in [0.2, 0.25) is 23.0 Å². The minimum Gasteiger partial charge on any atom is -0.493 e. The molecule has 0 radical (unpaired) electrons. The number of fused-ring (bicyclic) bond motifs is 3. The SMILES string of the molecule is COC(=O)CCCNC(=O)CCCCCNc1ccc2c(cc1=O)C(NC(C)=O)CCc1cc(OC)c(OC)c(OC)c1-2. The van der Waals surface area contributed by atoms with E-state index in [-0.39, 0.29) is 35.7 Å². The van der Waals surface area contributed by atoms with Crippen molar-refractivity contribution >= 4 is 23.5 Å². The van der Waals surface area contributed by atoms with Gasteiger partial charge in [-0.05, 0) is 67.0 Å². The number of ether oxygens (including phenoxy) is 4. The number of carbonyl (C=O) groups is 3. The van der Waals surface area contributed by atoms with Crippen LogP contribution in [0, 0.1) is 0 Å². The molecular formula is C32H43N3O8. The van der Waals surface area contributed by atoms with E-state index in [0.29, 0.717) is 73.7 Å². The Labute approximate surface area is 252 Å². The van der Waals surface area contributed by atoms with Crippen LogP contribution in [0.15, 0.2) is 29.1 Å². The molecule has 0 spiro atoms. The van der Waals surface area contributed by atoms with E-state index in [1.807, 2.05) is 12.1 Å². The molecule has 11 heteroatoms. The Morgan fingerprint density at radius 1 is 0.884 bits per heavy atom. The van der Waals surface area contributed by atoms with Crippen molar-refractivity contribution in [2.45, 2.75) is 64.3 Å². The number of rotatable bonds is 15. The second kappa shape index (κ2) is 16.4. The lowest BCUT2D eigenvalue weighted by atomic mass is 9.95. The van der Waals surface area contributed by atoms with Gasteiger partial charge < -0.3 is 34.9 Å². The highest BCUT2D eigenvalue weighted by atomic mass is 16.5. The number of hydrogen-bond donors (Lipinski definition) is 3. The summed E-state index contributed by atoms with van der Waals surface area (Å²) in [6.45, 7) is 2.47. The summed E-state index contributed by atoms with van der Waals surface area (Å²) < 4.78 is 21.6.